The molecule has 5 atom stereocenters. The lowest BCUT2D eigenvalue weighted by Gasteiger charge is -2.41. The number of carbonyl (C=O) groups is 2. The van der Waals surface area contributed by atoms with Crippen LogP contribution in [0.15, 0.2) is 65.8 Å². The van der Waals surface area contributed by atoms with E-state index < -0.39 is 36.4 Å². The van der Waals surface area contributed by atoms with Crippen LogP contribution >= 0.6 is 0 Å². The molecule has 1 fully saturated rings. The number of amides is 1. The maximum atomic E-state index is 12.9. The number of aliphatic hydroxyl groups is 1. The monoisotopic (exact) mass is 554 g/mol. The van der Waals surface area contributed by atoms with Gasteiger partial charge in [0.15, 0.2) is 6.29 Å². The highest BCUT2D eigenvalue weighted by Gasteiger charge is 2.43. The Hall–Kier alpha value is -3.63. The first-order valence-corrected chi connectivity index (χ1v) is 13.5. The van der Waals surface area contributed by atoms with Crippen LogP contribution in [0.5, 0.6) is 0 Å². The molecule has 1 N–H and O–H groups in total. The van der Waals surface area contributed by atoms with Crippen LogP contribution in [0.25, 0.3) is 10.4 Å². The van der Waals surface area contributed by atoms with Gasteiger partial charge in [-0.05, 0) is 41.8 Å². The number of esters is 1. The Bertz CT molecular complexity index is 1100. The van der Waals surface area contributed by atoms with Crippen LogP contribution in [0, 0.1) is 5.92 Å². The molecule has 0 aliphatic carbocycles. The van der Waals surface area contributed by atoms with Crippen molar-refractivity contribution in [1.29, 1.82) is 0 Å². The third-order valence-corrected chi connectivity index (χ3v) is 6.72. The molecule has 2 aromatic carbocycles. The fraction of sp³-hybridized carbons (Fsp3) is 0.517. The maximum absolute atomic E-state index is 12.9. The smallest absolute Gasteiger partial charge is 0.410 e. The highest BCUT2D eigenvalue weighted by Crippen LogP contribution is 2.29. The SMILES string of the molecule is CC(=O)OCC1O[C@H](OCCCCCN(Cc2ccccc2)C(=O)OCc2ccccc2)C(N=[N+]=[N-])[C@@H](C)[C@@H]1O. The average Bonchev–Trinajstić information content (AvgIpc) is 2.96. The predicted octanol–water partition coefficient (Wildman–Crippen LogP) is 4.98. The number of azide groups is 1. The van der Waals surface area contributed by atoms with Crippen molar-refractivity contribution in [1.82, 2.24) is 4.90 Å². The lowest BCUT2D eigenvalue weighted by molar-refractivity contribution is -0.254. The fourth-order valence-corrected chi connectivity index (χ4v) is 4.45. The van der Waals surface area contributed by atoms with Gasteiger partial charge in [0.05, 0.1) is 12.1 Å². The fourth-order valence-electron chi connectivity index (χ4n) is 4.45. The van der Waals surface area contributed by atoms with Gasteiger partial charge in [0.2, 0.25) is 0 Å². The Morgan fingerprint density at radius 3 is 2.35 bits per heavy atom. The van der Waals surface area contributed by atoms with Gasteiger partial charge in [-0.15, -0.1) is 0 Å². The lowest BCUT2D eigenvalue weighted by Crippen LogP contribution is -2.54. The van der Waals surface area contributed by atoms with Crippen LogP contribution in [-0.4, -0.2) is 66.4 Å². The summed E-state index contributed by atoms with van der Waals surface area (Å²) in [4.78, 5) is 28.7. The molecular formula is C29H38N4O7. The highest BCUT2D eigenvalue weighted by atomic mass is 16.7. The van der Waals surface area contributed by atoms with Gasteiger partial charge in [0.25, 0.3) is 0 Å². The third-order valence-electron chi connectivity index (χ3n) is 6.72. The third kappa shape index (κ3) is 9.84. The minimum absolute atomic E-state index is 0.124. The zero-order chi connectivity index (χ0) is 28.7. The number of unbranched alkanes of at least 4 members (excludes halogenated alkanes) is 2. The quantitative estimate of drug-likeness (QED) is 0.114. The summed E-state index contributed by atoms with van der Waals surface area (Å²) in [6, 6.07) is 18.6. The molecule has 1 amide bonds. The minimum atomic E-state index is -0.980. The Kier molecular flexibility index (Phi) is 12.7. The number of rotatable bonds is 14. The summed E-state index contributed by atoms with van der Waals surface area (Å²) in [6.45, 7) is 4.37. The van der Waals surface area contributed by atoms with Crippen molar-refractivity contribution in [2.24, 2.45) is 11.0 Å². The van der Waals surface area contributed by atoms with Crippen LogP contribution in [0.4, 0.5) is 4.79 Å². The van der Waals surface area contributed by atoms with E-state index >= 15 is 0 Å². The molecule has 0 spiro atoms. The zero-order valence-corrected chi connectivity index (χ0v) is 23.0. The van der Waals surface area contributed by atoms with Crippen molar-refractivity contribution in [3.63, 3.8) is 0 Å². The van der Waals surface area contributed by atoms with Gasteiger partial charge in [-0.2, -0.15) is 0 Å². The number of hydrogen-bond donors (Lipinski definition) is 1. The summed E-state index contributed by atoms with van der Waals surface area (Å²) in [5, 5.41) is 14.3. The first kappa shape index (κ1) is 30.9. The van der Waals surface area contributed by atoms with E-state index in [9.17, 15) is 14.7 Å². The standard InChI is InChI=1S/C29H38N4O7/c1-21-26(31-32-30)28(40-25(27(21)35)20-38-22(2)34)37-17-11-5-10-16-33(18-23-12-6-3-7-13-23)29(36)39-19-24-14-8-4-9-15-24/h3-4,6-9,12-15,21,25-28,35H,5,10-11,16-20H2,1-2H3/t21-,25?,26?,27+,28+/m1/s1. The molecule has 216 valence electrons. The first-order chi connectivity index (χ1) is 19.4. The minimum Gasteiger partial charge on any atom is -0.463 e. The first-order valence-electron chi connectivity index (χ1n) is 13.5. The van der Waals surface area contributed by atoms with E-state index in [1.54, 1.807) is 11.8 Å². The van der Waals surface area contributed by atoms with E-state index in [-0.39, 0.29) is 19.3 Å². The van der Waals surface area contributed by atoms with Gasteiger partial charge in [0, 0.05) is 31.5 Å². The van der Waals surface area contributed by atoms with E-state index in [0.717, 1.165) is 24.0 Å². The average molecular weight is 555 g/mol. The molecule has 11 nitrogen and oxygen atoms in total. The van der Waals surface area contributed by atoms with Crippen LogP contribution in [0.3, 0.4) is 0 Å². The van der Waals surface area contributed by atoms with Crippen LogP contribution in [0.2, 0.25) is 0 Å². The van der Waals surface area contributed by atoms with Crippen molar-refractivity contribution in [3.8, 4) is 0 Å². The molecule has 3 rings (SSSR count). The molecule has 0 aromatic heterocycles. The molecule has 0 radical (unpaired) electrons. The summed E-state index contributed by atoms with van der Waals surface area (Å²) in [5.41, 5.74) is 10.9. The van der Waals surface area contributed by atoms with E-state index in [1.807, 2.05) is 60.7 Å². The summed E-state index contributed by atoms with van der Waals surface area (Å²) >= 11 is 0. The largest absolute Gasteiger partial charge is 0.463 e. The highest BCUT2D eigenvalue weighted by molar-refractivity contribution is 5.67. The normalized spacial score (nSPS) is 22.1. The molecule has 1 aliphatic heterocycles. The maximum Gasteiger partial charge on any atom is 0.410 e. The van der Waals surface area contributed by atoms with E-state index in [2.05, 4.69) is 10.0 Å². The number of hydrogen-bond acceptors (Lipinski definition) is 8. The predicted molar refractivity (Wildman–Crippen MR) is 147 cm³/mol. The number of benzene rings is 2. The van der Waals surface area contributed by atoms with Gasteiger partial charge in [-0.25, -0.2) is 4.79 Å². The van der Waals surface area contributed by atoms with Crippen molar-refractivity contribution >= 4 is 12.1 Å². The van der Waals surface area contributed by atoms with Crippen molar-refractivity contribution in [2.75, 3.05) is 19.8 Å². The second kappa shape index (κ2) is 16.5. The molecular weight excluding hydrogens is 516 g/mol. The van der Waals surface area contributed by atoms with Crippen LogP contribution in [0.1, 0.15) is 44.2 Å². The summed E-state index contributed by atoms with van der Waals surface area (Å²) in [6.07, 6.45) is -0.848. The summed E-state index contributed by atoms with van der Waals surface area (Å²) < 4.78 is 22.3. The van der Waals surface area contributed by atoms with Crippen molar-refractivity contribution in [3.05, 3.63) is 82.2 Å². The Balaban J connectivity index is 1.48. The van der Waals surface area contributed by atoms with Crippen LogP contribution < -0.4 is 0 Å². The second-order valence-electron chi connectivity index (χ2n) is 9.77. The Labute approximate surface area is 234 Å². The van der Waals surface area contributed by atoms with Gasteiger partial charge in [0.1, 0.15) is 19.3 Å². The van der Waals surface area contributed by atoms with Gasteiger partial charge in [-0.3, -0.25) is 4.79 Å². The Morgan fingerprint density at radius 2 is 1.70 bits per heavy atom. The van der Waals surface area contributed by atoms with E-state index in [4.69, 9.17) is 24.5 Å². The van der Waals surface area contributed by atoms with Crippen molar-refractivity contribution < 1.29 is 33.6 Å². The van der Waals surface area contributed by atoms with E-state index in [1.165, 1.54) is 6.92 Å². The molecule has 0 bridgehead atoms. The topological polar surface area (TPSA) is 143 Å². The lowest BCUT2D eigenvalue weighted by atomic mass is 9.89. The molecule has 0 saturated carbocycles. The number of aliphatic hydroxyl groups excluding tert-OH is 1. The van der Waals surface area contributed by atoms with E-state index in [0.29, 0.717) is 26.1 Å². The number of ether oxygens (including phenoxy) is 4. The molecule has 2 unspecified atom stereocenters. The molecule has 40 heavy (non-hydrogen) atoms. The van der Waals surface area contributed by atoms with Gasteiger partial charge >= 0.3 is 12.1 Å². The summed E-state index contributed by atoms with van der Waals surface area (Å²) in [7, 11) is 0. The molecule has 2 aromatic rings. The summed E-state index contributed by atoms with van der Waals surface area (Å²) in [5.74, 6) is -0.938. The van der Waals surface area contributed by atoms with Gasteiger partial charge < -0.3 is 29.0 Å². The molecule has 1 saturated heterocycles. The Morgan fingerprint density at radius 1 is 1.02 bits per heavy atom. The molecule has 11 heteroatoms. The van der Waals surface area contributed by atoms with Crippen LogP contribution in [-0.2, 0) is 36.9 Å². The second-order valence-corrected chi connectivity index (χ2v) is 9.77. The van der Waals surface area contributed by atoms with Gasteiger partial charge in [-0.1, -0.05) is 72.7 Å². The number of nitrogens with zero attached hydrogens (tertiary/aromatic N) is 4. The molecule has 1 aliphatic rings. The zero-order valence-electron chi connectivity index (χ0n) is 23.0. The molecule has 1 heterocycles. The number of carbonyl (C=O) groups excluding carboxylic acids is 2. The van der Waals surface area contributed by atoms with Crippen molar-refractivity contribution in [2.45, 2.75) is 70.8 Å².